The van der Waals surface area contributed by atoms with Crippen LogP contribution < -0.4 is 26.3 Å². The normalized spacial score (nSPS) is 14.9. The number of hydrogen-bond acceptors (Lipinski definition) is 5. The highest BCUT2D eigenvalue weighted by Gasteiger charge is 2.29. The fourth-order valence-corrected chi connectivity index (χ4v) is 3.46. The molecule has 7 heteroatoms. The highest BCUT2D eigenvalue weighted by Crippen LogP contribution is 2.37. The quantitative estimate of drug-likeness (QED) is 0.555. The maximum Gasteiger partial charge on any atom is 0.323 e. The van der Waals surface area contributed by atoms with E-state index in [4.69, 9.17) is 10.6 Å². The molecule has 0 spiro atoms. The predicted octanol–water partition coefficient (Wildman–Crippen LogP) is 4.82. The van der Waals surface area contributed by atoms with E-state index in [0.717, 1.165) is 27.6 Å². The Bertz CT molecular complexity index is 994. The second-order valence-corrected chi connectivity index (χ2v) is 7.14. The number of hydroxylamine groups is 1. The lowest BCUT2D eigenvalue weighted by Gasteiger charge is -2.21. The van der Waals surface area contributed by atoms with E-state index in [1.54, 1.807) is 16.8 Å². The Morgan fingerprint density at radius 1 is 1.00 bits per heavy atom. The van der Waals surface area contributed by atoms with Crippen molar-refractivity contribution in [2.24, 2.45) is 5.73 Å². The van der Waals surface area contributed by atoms with E-state index < -0.39 is 0 Å². The van der Waals surface area contributed by atoms with Gasteiger partial charge in [0.15, 0.2) is 5.75 Å². The molecule has 0 aliphatic carbocycles. The number of benzene rings is 3. The van der Waals surface area contributed by atoms with E-state index in [1.807, 2.05) is 79.1 Å². The Labute approximate surface area is 167 Å². The van der Waals surface area contributed by atoms with E-state index in [0.29, 0.717) is 5.69 Å². The molecule has 0 fully saturated rings. The molecule has 4 rings (SSSR count). The summed E-state index contributed by atoms with van der Waals surface area (Å²) in [5.41, 5.74) is 9.44. The van der Waals surface area contributed by atoms with Crippen molar-refractivity contribution < 1.29 is 9.63 Å². The lowest BCUT2D eigenvalue weighted by Crippen LogP contribution is -2.31. The van der Waals surface area contributed by atoms with Crippen molar-refractivity contribution in [3.8, 4) is 5.75 Å². The lowest BCUT2D eigenvalue weighted by molar-refractivity contribution is 0.262. The molecule has 0 bridgehead atoms. The van der Waals surface area contributed by atoms with Crippen LogP contribution >= 0.6 is 11.8 Å². The summed E-state index contributed by atoms with van der Waals surface area (Å²) in [7, 11) is 0. The number of hydrogen-bond donors (Lipinski definition) is 3. The average molecular weight is 392 g/mol. The SMILES string of the molecule is CSc1cccc(NC(=O)Nc2ccc(N3Oc4ccccc4C3N)cc2)c1. The Hall–Kier alpha value is -3.16. The van der Waals surface area contributed by atoms with Crippen molar-refractivity contribution >= 4 is 34.9 Å². The molecule has 6 nitrogen and oxygen atoms in total. The number of urea groups is 1. The first-order chi connectivity index (χ1) is 13.6. The topological polar surface area (TPSA) is 79.6 Å². The molecular formula is C21H20N4O2S. The van der Waals surface area contributed by atoms with E-state index >= 15 is 0 Å². The van der Waals surface area contributed by atoms with Gasteiger partial charge in [-0.2, -0.15) is 5.06 Å². The van der Waals surface area contributed by atoms with Crippen LogP contribution in [-0.4, -0.2) is 12.3 Å². The molecule has 1 aliphatic rings. The zero-order valence-electron chi connectivity index (χ0n) is 15.3. The van der Waals surface area contributed by atoms with E-state index in [1.165, 1.54) is 0 Å². The fourth-order valence-electron chi connectivity index (χ4n) is 3.00. The lowest BCUT2D eigenvalue weighted by atomic mass is 10.1. The molecule has 1 heterocycles. The van der Waals surface area contributed by atoms with Crippen LogP contribution in [0.1, 0.15) is 11.7 Å². The molecule has 1 atom stereocenters. The number of nitrogens with one attached hydrogen (secondary N) is 2. The summed E-state index contributed by atoms with van der Waals surface area (Å²) in [6.45, 7) is 0. The zero-order valence-corrected chi connectivity index (χ0v) is 16.1. The van der Waals surface area contributed by atoms with Gasteiger partial charge >= 0.3 is 6.03 Å². The Morgan fingerprint density at radius 2 is 1.75 bits per heavy atom. The number of amides is 2. The van der Waals surface area contributed by atoms with Gasteiger partial charge in [0.2, 0.25) is 0 Å². The third-order valence-electron chi connectivity index (χ3n) is 4.39. The van der Waals surface area contributed by atoms with Gasteiger partial charge in [-0.3, -0.25) is 0 Å². The van der Waals surface area contributed by atoms with Gasteiger partial charge in [-0.1, -0.05) is 24.3 Å². The van der Waals surface area contributed by atoms with Crippen molar-refractivity contribution in [2.45, 2.75) is 11.1 Å². The molecule has 3 aromatic carbocycles. The van der Waals surface area contributed by atoms with Crippen molar-refractivity contribution in [1.29, 1.82) is 0 Å². The minimum absolute atomic E-state index is 0.299. The molecule has 3 aromatic rings. The van der Waals surface area contributed by atoms with Gasteiger partial charge in [0.05, 0.1) is 5.69 Å². The van der Waals surface area contributed by atoms with Crippen molar-refractivity contribution in [1.82, 2.24) is 0 Å². The number of nitrogens with two attached hydrogens (primary N) is 1. The minimum Gasteiger partial charge on any atom is -0.377 e. The number of carbonyl (C=O) groups is 1. The summed E-state index contributed by atoms with van der Waals surface area (Å²) in [6, 6.07) is 22.4. The molecular weight excluding hydrogens is 372 g/mol. The maximum atomic E-state index is 12.2. The van der Waals surface area contributed by atoms with Crippen molar-refractivity contribution in [2.75, 3.05) is 22.0 Å². The monoisotopic (exact) mass is 392 g/mol. The van der Waals surface area contributed by atoms with Gasteiger partial charge in [0.25, 0.3) is 0 Å². The van der Waals surface area contributed by atoms with Gasteiger partial charge in [-0.15, -0.1) is 11.8 Å². The number of fused-ring (bicyclic) bond motifs is 1. The van der Waals surface area contributed by atoms with E-state index in [9.17, 15) is 4.79 Å². The van der Waals surface area contributed by atoms with E-state index in [2.05, 4.69) is 10.6 Å². The van der Waals surface area contributed by atoms with Crippen LogP contribution in [0.5, 0.6) is 5.75 Å². The molecule has 4 N–H and O–H groups in total. The first-order valence-corrected chi connectivity index (χ1v) is 10.0. The van der Waals surface area contributed by atoms with Crippen LogP contribution in [0.2, 0.25) is 0 Å². The van der Waals surface area contributed by atoms with Crippen molar-refractivity contribution in [3.05, 3.63) is 78.4 Å². The summed E-state index contributed by atoms with van der Waals surface area (Å²) >= 11 is 1.62. The molecule has 0 aromatic heterocycles. The molecule has 1 aliphatic heterocycles. The largest absolute Gasteiger partial charge is 0.377 e. The van der Waals surface area contributed by atoms with Crippen LogP contribution in [0, 0.1) is 0 Å². The van der Waals surface area contributed by atoms with Gasteiger partial charge in [-0.25, -0.2) is 4.79 Å². The van der Waals surface area contributed by atoms with E-state index in [-0.39, 0.29) is 12.2 Å². The molecule has 142 valence electrons. The first-order valence-electron chi connectivity index (χ1n) is 8.78. The molecule has 0 saturated heterocycles. The number of anilines is 3. The van der Waals surface area contributed by atoms with Gasteiger partial charge in [0, 0.05) is 21.8 Å². The second-order valence-electron chi connectivity index (χ2n) is 6.26. The Morgan fingerprint density at radius 3 is 2.50 bits per heavy atom. The van der Waals surface area contributed by atoms with Crippen LogP contribution in [0.4, 0.5) is 21.9 Å². The summed E-state index contributed by atoms with van der Waals surface area (Å²) in [4.78, 5) is 19.2. The average Bonchev–Trinajstić information content (AvgIpc) is 3.05. The van der Waals surface area contributed by atoms with Crippen LogP contribution in [-0.2, 0) is 0 Å². The summed E-state index contributed by atoms with van der Waals surface area (Å²) in [5.74, 6) is 0.754. The molecule has 0 radical (unpaired) electrons. The molecule has 28 heavy (non-hydrogen) atoms. The van der Waals surface area contributed by atoms with Gasteiger partial charge in [0.1, 0.15) is 6.17 Å². The molecule has 2 amide bonds. The third kappa shape index (κ3) is 3.76. The van der Waals surface area contributed by atoms with Crippen LogP contribution in [0.15, 0.2) is 77.7 Å². The molecule has 0 saturated carbocycles. The minimum atomic E-state index is -0.373. The summed E-state index contributed by atoms with van der Waals surface area (Å²) in [5, 5.41) is 7.32. The smallest absolute Gasteiger partial charge is 0.323 e. The Balaban J connectivity index is 1.40. The first kappa shape index (κ1) is 18.2. The standard InChI is InChI=1S/C21H20N4O2S/c1-28-17-6-4-5-15(13-17)24-21(26)23-14-9-11-16(12-10-14)25-20(22)18-7-2-3-8-19(18)27-25/h2-13,20H,22H2,1H3,(H2,23,24,26). The van der Waals surface area contributed by atoms with Gasteiger partial charge < -0.3 is 21.2 Å². The maximum absolute atomic E-state index is 12.2. The number of rotatable bonds is 4. The summed E-state index contributed by atoms with van der Waals surface area (Å²) in [6.07, 6.45) is 1.62. The second kappa shape index (κ2) is 7.84. The predicted molar refractivity (Wildman–Crippen MR) is 114 cm³/mol. The summed E-state index contributed by atoms with van der Waals surface area (Å²) < 4.78 is 0. The highest BCUT2D eigenvalue weighted by atomic mass is 32.2. The molecule has 1 unspecified atom stereocenters. The van der Waals surface area contributed by atoms with Gasteiger partial charge in [-0.05, 0) is 54.8 Å². The fraction of sp³-hybridized carbons (Fsp3) is 0.0952. The van der Waals surface area contributed by atoms with Crippen LogP contribution in [0.25, 0.3) is 0 Å². The number of para-hydroxylation sites is 1. The number of thioether (sulfide) groups is 1. The van der Waals surface area contributed by atoms with Crippen LogP contribution in [0.3, 0.4) is 0 Å². The van der Waals surface area contributed by atoms with Crippen molar-refractivity contribution in [3.63, 3.8) is 0 Å². The zero-order chi connectivity index (χ0) is 19.5. The Kier molecular flexibility index (Phi) is 5.10. The highest BCUT2D eigenvalue weighted by molar-refractivity contribution is 7.98. The number of carbonyl (C=O) groups excluding carboxylic acids is 1. The third-order valence-corrected chi connectivity index (χ3v) is 5.12. The number of nitrogens with zero attached hydrogens (tertiary/aromatic N) is 1.